The number of rotatable bonds is 46. The van der Waals surface area contributed by atoms with Crippen LogP contribution in [-0.2, 0) is 37.5 Å². The molecule has 0 aromatic carbocycles. The summed E-state index contributed by atoms with van der Waals surface area (Å²) in [4.78, 5) is 46.1. The molecule has 0 bridgehead atoms. The molecule has 3 atom stereocenters. The van der Waals surface area contributed by atoms with Crippen LogP contribution in [0.5, 0.6) is 0 Å². The van der Waals surface area contributed by atoms with Gasteiger partial charge in [0, 0.05) is 12.8 Å². The zero-order chi connectivity index (χ0) is 47.0. The van der Waals surface area contributed by atoms with Gasteiger partial charge in [-0.3, -0.25) is 23.4 Å². The first kappa shape index (κ1) is 60.9. The molecule has 368 valence electrons. The molecular formula is C52H90NO10P. The fraction of sp³-hybridized carbons (Fsp3) is 0.712. The van der Waals surface area contributed by atoms with Gasteiger partial charge in [-0.15, -0.1) is 0 Å². The van der Waals surface area contributed by atoms with Crippen molar-refractivity contribution in [1.29, 1.82) is 0 Å². The van der Waals surface area contributed by atoms with Crippen molar-refractivity contribution in [2.24, 2.45) is 5.73 Å². The molecule has 0 aromatic heterocycles. The normalized spacial score (nSPS) is 14.2. The molecule has 0 radical (unpaired) electrons. The SMILES string of the molecule is CC/C=C/C/C=C/C/C=C/C/C=C/C/C=C/C/C=C/CCC(=O)O[C@H](COC(=O)CCCCCCCCCCCCCCCCCCCCCCC)COP(=O)(O)OC[C@H](N)C(=O)O. The third-order valence-corrected chi connectivity index (χ3v) is 11.4. The smallest absolute Gasteiger partial charge is 0.472 e. The van der Waals surface area contributed by atoms with Crippen LogP contribution in [0.3, 0.4) is 0 Å². The lowest BCUT2D eigenvalue weighted by atomic mass is 10.0. The molecule has 0 aliphatic rings. The number of hydrogen-bond acceptors (Lipinski definition) is 9. The van der Waals surface area contributed by atoms with Crippen LogP contribution in [0.1, 0.15) is 206 Å². The summed E-state index contributed by atoms with van der Waals surface area (Å²) in [6, 6.07) is -1.54. The molecule has 0 fully saturated rings. The number of carbonyl (C=O) groups excluding carboxylic acids is 2. The fourth-order valence-electron chi connectivity index (χ4n) is 6.62. The second kappa shape index (κ2) is 46.4. The van der Waals surface area contributed by atoms with E-state index >= 15 is 0 Å². The second-order valence-electron chi connectivity index (χ2n) is 16.6. The Bertz CT molecular complexity index is 1360. The van der Waals surface area contributed by atoms with E-state index in [0.29, 0.717) is 19.3 Å². The molecule has 64 heavy (non-hydrogen) atoms. The molecule has 0 saturated carbocycles. The van der Waals surface area contributed by atoms with E-state index in [1.807, 2.05) is 12.2 Å². The minimum atomic E-state index is -4.74. The van der Waals surface area contributed by atoms with E-state index in [1.165, 1.54) is 109 Å². The maximum atomic E-state index is 12.6. The van der Waals surface area contributed by atoms with E-state index in [0.717, 1.165) is 51.4 Å². The number of carboxylic acids is 1. The molecule has 0 aliphatic carbocycles. The highest BCUT2D eigenvalue weighted by molar-refractivity contribution is 7.47. The quantitative estimate of drug-likeness (QED) is 0.0230. The van der Waals surface area contributed by atoms with Crippen molar-refractivity contribution in [2.45, 2.75) is 219 Å². The number of esters is 2. The summed E-state index contributed by atoms with van der Waals surface area (Å²) in [5.74, 6) is -2.48. The molecule has 11 nitrogen and oxygen atoms in total. The lowest BCUT2D eigenvalue weighted by molar-refractivity contribution is -0.161. The van der Waals surface area contributed by atoms with Gasteiger partial charge in [-0.2, -0.15) is 0 Å². The number of allylic oxidation sites excluding steroid dienone is 12. The first-order chi connectivity index (χ1) is 31.1. The van der Waals surface area contributed by atoms with E-state index in [2.05, 4.69) is 79.1 Å². The van der Waals surface area contributed by atoms with Crippen molar-refractivity contribution < 1.29 is 47.5 Å². The number of ether oxygens (including phenoxy) is 2. The summed E-state index contributed by atoms with van der Waals surface area (Å²) in [7, 11) is -4.74. The first-order valence-electron chi connectivity index (χ1n) is 25.0. The monoisotopic (exact) mass is 920 g/mol. The minimum Gasteiger partial charge on any atom is -0.480 e. The van der Waals surface area contributed by atoms with Gasteiger partial charge >= 0.3 is 25.7 Å². The molecule has 0 heterocycles. The highest BCUT2D eigenvalue weighted by atomic mass is 31.2. The molecule has 4 N–H and O–H groups in total. The lowest BCUT2D eigenvalue weighted by Crippen LogP contribution is -2.34. The average molecular weight is 920 g/mol. The number of unbranched alkanes of at least 4 members (excludes halogenated alkanes) is 20. The Labute approximate surface area is 389 Å². The zero-order valence-electron chi connectivity index (χ0n) is 40.1. The predicted molar refractivity (Wildman–Crippen MR) is 263 cm³/mol. The molecule has 12 heteroatoms. The van der Waals surface area contributed by atoms with Crippen molar-refractivity contribution in [3.63, 3.8) is 0 Å². The van der Waals surface area contributed by atoms with E-state index in [-0.39, 0.29) is 19.4 Å². The van der Waals surface area contributed by atoms with Crippen molar-refractivity contribution >= 4 is 25.7 Å². The summed E-state index contributed by atoms with van der Waals surface area (Å²) < 4.78 is 32.7. The highest BCUT2D eigenvalue weighted by Gasteiger charge is 2.28. The number of phosphoric acid groups is 1. The molecule has 0 aromatic rings. The van der Waals surface area contributed by atoms with E-state index in [1.54, 1.807) is 0 Å². The van der Waals surface area contributed by atoms with Gasteiger partial charge in [0.25, 0.3) is 0 Å². The van der Waals surface area contributed by atoms with Gasteiger partial charge in [0.15, 0.2) is 6.10 Å². The number of hydrogen-bond donors (Lipinski definition) is 3. The Morgan fingerprint density at radius 2 is 0.875 bits per heavy atom. The van der Waals surface area contributed by atoms with Crippen molar-refractivity contribution in [3.05, 3.63) is 72.9 Å². The molecule has 0 spiro atoms. The van der Waals surface area contributed by atoms with Crippen LogP contribution in [0, 0.1) is 0 Å². The van der Waals surface area contributed by atoms with Crippen LogP contribution < -0.4 is 5.73 Å². The molecule has 0 aliphatic heterocycles. The Hall–Kier alpha value is -3.08. The van der Waals surface area contributed by atoms with Gasteiger partial charge in [0.05, 0.1) is 13.2 Å². The van der Waals surface area contributed by atoms with Gasteiger partial charge in [0.1, 0.15) is 12.6 Å². The number of carbonyl (C=O) groups is 3. The molecule has 0 saturated heterocycles. The summed E-state index contributed by atoms with van der Waals surface area (Å²) in [6.07, 6.45) is 57.0. The van der Waals surface area contributed by atoms with Crippen LogP contribution in [0.4, 0.5) is 0 Å². The van der Waals surface area contributed by atoms with Crippen LogP contribution in [0.15, 0.2) is 72.9 Å². The predicted octanol–water partition coefficient (Wildman–Crippen LogP) is 14.1. The molecular weight excluding hydrogens is 830 g/mol. The maximum absolute atomic E-state index is 12.6. The van der Waals surface area contributed by atoms with E-state index < -0.39 is 51.1 Å². The fourth-order valence-corrected chi connectivity index (χ4v) is 7.40. The van der Waals surface area contributed by atoms with Crippen molar-refractivity contribution in [2.75, 3.05) is 19.8 Å². The Balaban J connectivity index is 4.35. The first-order valence-corrected chi connectivity index (χ1v) is 26.5. The van der Waals surface area contributed by atoms with Gasteiger partial charge in [-0.1, -0.05) is 215 Å². The zero-order valence-corrected chi connectivity index (χ0v) is 41.0. The number of nitrogens with two attached hydrogens (primary N) is 1. The van der Waals surface area contributed by atoms with E-state index in [4.69, 9.17) is 24.8 Å². The number of phosphoric ester groups is 1. The van der Waals surface area contributed by atoms with Crippen molar-refractivity contribution in [3.8, 4) is 0 Å². The molecule has 0 rings (SSSR count). The van der Waals surface area contributed by atoms with E-state index in [9.17, 15) is 23.8 Å². The van der Waals surface area contributed by atoms with Crippen LogP contribution in [0.2, 0.25) is 0 Å². The molecule has 0 amide bonds. The maximum Gasteiger partial charge on any atom is 0.472 e. The largest absolute Gasteiger partial charge is 0.480 e. The Morgan fingerprint density at radius 1 is 0.500 bits per heavy atom. The standard InChI is InChI=1S/C52H90NO10P/c1-3-5-7-9-11-13-15-17-19-21-23-24-26-27-29-31-33-35-37-39-41-43-50(54)60-45-48(46-61-64(58,59)62-47-49(53)52(56)57)63-51(55)44-42-40-38-36-34-32-30-28-25-22-20-18-16-14-12-10-8-6-4-2/h6,8,12,14,18,20,25,28,32,34,38,40,48-49H,3-5,7,9-11,13,15-17,19,21-24,26-27,29-31,33,35-37,39,41-47,53H2,1-2H3,(H,56,57)(H,58,59)/b8-6+,14-12+,20-18+,28-25+,34-32+,40-38+/t48-,49+/m1/s1. The summed E-state index contributed by atoms with van der Waals surface area (Å²) in [5.41, 5.74) is 5.34. The summed E-state index contributed by atoms with van der Waals surface area (Å²) in [5, 5.41) is 8.91. The molecule has 1 unspecified atom stereocenters. The van der Waals surface area contributed by atoms with Crippen LogP contribution in [-0.4, -0.2) is 59.9 Å². The Morgan fingerprint density at radius 3 is 1.28 bits per heavy atom. The second-order valence-corrected chi connectivity index (χ2v) is 18.0. The third-order valence-electron chi connectivity index (χ3n) is 10.5. The third kappa shape index (κ3) is 45.5. The summed E-state index contributed by atoms with van der Waals surface area (Å²) >= 11 is 0. The number of aliphatic carboxylic acids is 1. The van der Waals surface area contributed by atoms with Gasteiger partial charge in [0.2, 0.25) is 0 Å². The lowest BCUT2D eigenvalue weighted by Gasteiger charge is -2.20. The highest BCUT2D eigenvalue weighted by Crippen LogP contribution is 2.43. The topological polar surface area (TPSA) is 172 Å². The Kier molecular flexibility index (Phi) is 44.2. The van der Waals surface area contributed by atoms with Crippen LogP contribution in [0.25, 0.3) is 0 Å². The number of carboxylic acid groups (broad SMARTS) is 1. The van der Waals surface area contributed by atoms with Gasteiger partial charge in [-0.05, 0) is 51.4 Å². The van der Waals surface area contributed by atoms with Crippen molar-refractivity contribution in [1.82, 2.24) is 0 Å². The van der Waals surface area contributed by atoms with Gasteiger partial charge < -0.3 is 25.2 Å². The minimum absolute atomic E-state index is 0.0345. The summed E-state index contributed by atoms with van der Waals surface area (Å²) in [6.45, 7) is 2.64. The average Bonchev–Trinajstić information content (AvgIpc) is 3.27. The van der Waals surface area contributed by atoms with Gasteiger partial charge in [-0.25, -0.2) is 4.57 Å². The van der Waals surface area contributed by atoms with Crippen LogP contribution >= 0.6 is 7.82 Å².